The third kappa shape index (κ3) is 6.60. The number of carbonyl (C=O) groups excluding carboxylic acids is 2. The predicted molar refractivity (Wildman–Crippen MR) is 150 cm³/mol. The molecule has 1 aliphatic heterocycles. The average molecular weight is 539 g/mol. The molecule has 0 radical (unpaired) electrons. The summed E-state index contributed by atoms with van der Waals surface area (Å²) < 4.78 is 22.3. The molecule has 0 spiro atoms. The van der Waals surface area contributed by atoms with E-state index in [4.69, 9.17) is 18.9 Å². The van der Waals surface area contributed by atoms with Crippen LogP contribution in [-0.2, 0) is 16.0 Å². The predicted octanol–water partition coefficient (Wildman–Crippen LogP) is 5.18. The van der Waals surface area contributed by atoms with E-state index in [-0.39, 0.29) is 24.4 Å². The molecule has 1 saturated carbocycles. The first-order valence-corrected chi connectivity index (χ1v) is 14.1. The molecule has 0 aromatic heterocycles. The molecule has 0 N–H and O–H groups in total. The Hall–Kier alpha value is -3.42. The van der Waals surface area contributed by atoms with Gasteiger partial charge in [-0.05, 0) is 61.1 Å². The van der Waals surface area contributed by atoms with Gasteiger partial charge in [-0.25, -0.2) is 0 Å². The summed E-state index contributed by atoms with van der Waals surface area (Å²) in [5, 5.41) is 0. The van der Waals surface area contributed by atoms with Crippen molar-refractivity contribution >= 4 is 11.8 Å². The third-order valence-electron chi connectivity index (χ3n) is 7.77. The molecule has 212 valence electrons. The van der Waals surface area contributed by atoms with Crippen LogP contribution in [0.1, 0.15) is 69.0 Å². The summed E-state index contributed by atoms with van der Waals surface area (Å²) in [6.07, 6.45) is 7.90. The van der Waals surface area contributed by atoms with Gasteiger partial charge in [0, 0.05) is 12.6 Å². The van der Waals surface area contributed by atoms with Gasteiger partial charge in [0.2, 0.25) is 5.91 Å². The standard InChI is InChI=1S/C31H42N2O6/c1-5-18-39-26-15-13-23(20-28(26)38-4)30-31(35)33(24-10-8-6-7-9-11-24)21-29(34)32(30)17-16-22-12-14-25(36-2)27(19-22)37-3/h12-15,19-20,24,30H,5-11,16-18,21H2,1-4H3/t30-/m1/s1. The zero-order valence-corrected chi connectivity index (χ0v) is 23.7. The molecule has 8 nitrogen and oxygen atoms in total. The van der Waals surface area contributed by atoms with E-state index in [1.807, 2.05) is 48.2 Å². The van der Waals surface area contributed by atoms with E-state index in [1.165, 1.54) is 12.8 Å². The van der Waals surface area contributed by atoms with E-state index in [0.717, 1.165) is 43.2 Å². The van der Waals surface area contributed by atoms with Gasteiger partial charge in [0.15, 0.2) is 23.0 Å². The van der Waals surface area contributed by atoms with Crippen molar-refractivity contribution in [2.75, 3.05) is 41.0 Å². The molecule has 2 aromatic carbocycles. The van der Waals surface area contributed by atoms with Crippen LogP contribution in [0.4, 0.5) is 0 Å². The number of hydrogen-bond acceptors (Lipinski definition) is 6. The number of hydrogen-bond donors (Lipinski definition) is 0. The van der Waals surface area contributed by atoms with Crippen LogP contribution < -0.4 is 18.9 Å². The highest BCUT2D eigenvalue weighted by atomic mass is 16.5. The molecule has 0 unspecified atom stereocenters. The summed E-state index contributed by atoms with van der Waals surface area (Å²) in [6.45, 7) is 3.15. The SMILES string of the molecule is CCCOc1ccc([C@@H]2C(=O)N(C3CCCCCC3)CC(=O)N2CCc2ccc(OC)c(OC)c2)cc1OC. The van der Waals surface area contributed by atoms with Crippen LogP contribution in [0.2, 0.25) is 0 Å². The Morgan fingerprint density at radius 1 is 0.821 bits per heavy atom. The lowest BCUT2D eigenvalue weighted by Crippen LogP contribution is -2.58. The Morgan fingerprint density at radius 2 is 1.49 bits per heavy atom. The molecule has 2 amide bonds. The quantitative estimate of drug-likeness (QED) is 0.367. The molecule has 1 atom stereocenters. The van der Waals surface area contributed by atoms with Gasteiger partial charge in [-0.15, -0.1) is 0 Å². The summed E-state index contributed by atoms with van der Waals surface area (Å²) in [6, 6.07) is 10.7. The number of piperazine rings is 1. The van der Waals surface area contributed by atoms with Crippen LogP contribution in [-0.4, -0.2) is 68.7 Å². The van der Waals surface area contributed by atoms with Crippen LogP contribution in [0.15, 0.2) is 36.4 Å². The van der Waals surface area contributed by atoms with E-state index in [1.54, 1.807) is 26.2 Å². The zero-order chi connectivity index (χ0) is 27.8. The van der Waals surface area contributed by atoms with Crippen molar-refractivity contribution in [1.29, 1.82) is 0 Å². The summed E-state index contributed by atoms with van der Waals surface area (Å²) in [7, 11) is 4.80. The van der Waals surface area contributed by atoms with Gasteiger partial charge in [-0.2, -0.15) is 0 Å². The normalized spacial score (nSPS) is 18.6. The molecule has 39 heavy (non-hydrogen) atoms. The lowest BCUT2D eigenvalue weighted by atomic mass is 9.96. The highest BCUT2D eigenvalue weighted by Gasteiger charge is 2.42. The molecular formula is C31H42N2O6. The van der Waals surface area contributed by atoms with Crippen LogP contribution in [0.5, 0.6) is 23.0 Å². The van der Waals surface area contributed by atoms with Crippen LogP contribution in [0.3, 0.4) is 0 Å². The molecule has 1 saturated heterocycles. The Kier molecular flexibility index (Phi) is 9.96. The zero-order valence-electron chi connectivity index (χ0n) is 23.7. The van der Waals surface area contributed by atoms with Crippen LogP contribution >= 0.6 is 0 Å². The second-order valence-electron chi connectivity index (χ2n) is 10.3. The lowest BCUT2D eigenvalue weighted by molar-refractivity contribution is -0.158. The Balaban J connectivity index is 1.65. The first kappa shape index (κ1) is 28.6. The number of rotatable bonds is 11. The number of amides is 2. The van der Waals surface area contributed by atoms with Crippen molar-refractivity contribution < 1.29 is 28.5 Å². The van der Waals surface area contributed by atoms with E-state index < -0.39 is 6.04 Å². The maximum Gasteiger partial charge on any atom is 0.250 e. The molecule has 1 aliphatic carbocycles. The van der Waals surface area contributed by atoms with Gasteiger partial charge in [-0.3, -0.25) is 9.59 Å². The summed E-state index contributed by atoms with van der Waals surface area (Å²) in [5.41, 5.74) is 1.73. The van der Waals surface area contributed by atoms with Crippen LogP contribution in [0, 0.1) is 0 Å². The van der Waals surface area contributed by atoms with Gasteiger partial charge in [0.25, 0.3) is 5.91 Å². The van der Waals surface area contributed by atoms with Crippen molar-refractivity contribution in [2.45, 2.75) is 70.4 Å². The number of ether oxygens (including phenoxy) is 4. The lowest BCUT2D eigenvalue weighted by Gasteiger charge is -2.43. The minimum absolute atomic E-state index is 0.0157. The molecular weight excluding hydrogens is 496 g/mol. The van der Waals surface area contributed by atoms with Gasteiger partial charge in [0.05, 0.1) is 27.9 Å². The minimum Gasteiger partial charge on any atom is -0.493 e. The maximum atomic E-state index is 14.2. The molecule has 1 heterocycles. The highest BCUT2D eigenvalue weighted by molar-refractivity contribution is 5.96. The van der Waals surface area contributed by atoms with Gasteiger partial charge in [0.1, 0.15) is 12.6 Å². The van der Waals surface area contributed by atoms with Crippen molar-refractivity contribution in [3.05, 3.63) is 47.5 Å². The Labute approximate surface area is 232 Å². The van der Waals surface area contributed by atoms with E-state index in [0.29, 0.717) is 42.6 Å². The summed E-state index contributed by atoms with van der Waals surface area (Å²) in [4.78, 5) is 31.4. The van der Waals surface area contributed by atoms with Crippen molar-refractivity contribution in [1.82, 2.24) is 9.80 Å². The first-order valence-electron chi connectivity index (χ1n) is 14.1. The largest absolute Gasteiger partial charge is 0.493 e. The summed E-state index contributed by atoms with van der Waals surface area (Å²) >= 11 is 0. The molecule has 4 rings (SSSR count). The number of nitrogens with zero attached hydrogens (tertiary/aromatic N) is 2. The van der Waals surface area contributed by atoms with E-state index in [9.17, 15) is 9.59 Å². The second-order valence-corrected chi connectivity index (χ2v) is 10.3. The number of methoxy groups -OCH3 is 3. The smallest absolute Gasteiger partial charge is 0.250 e. The fraction of sp³-hybridized carbons (Fsp3) is 0.548. The van der Waals surface area contributed by atoms with E-state index >= 15 is 0 Å². The van der Waals surface area contributed by atoms with Gasteiger partial charge in [-0.1, -0.05) is 44.7 Å². The summed E-state index contributed by atoms with van der Waals surface area (Å²) in [5.74, 6) is 2.44. The molecule has 0 bridgehead atoms. The van der Waals surface area contributed by atoms with Crippen molar-refractivity contribution in [3.63, 3.8) is 0 Å². The van der Waals surface area contributed by atoms with Gasteiger partial charge >= 0.3 is 0 Å². The monoisotopic (exact) mass is 538 g/mol. The Bertz CT molecular complexity index is 1130. The number of carbonyl (C=O) groups is 2. The van der Waals surface area contributed by atoms with E-state index in [2.05, 4.69) is 0 Å². The fourth-order valence-corrected chi connectivity index (χ4v) is 5.67. The van der Waals surface area contributed by atoms with Crippen LogP contribution in [0.25, 0.3) is 0 Å². The molecule has 2 aliphatic rings. The molecule has 2 aromatic rings. The fourth-order valence-electron chi connectivity index (χ4n) is 5.67. The first-order chi connectivity index (χ1) is 19.0. The topological polar surface area (TPSA) is 77.5 Å². The van der Waals surface area contributed by atoms with Crippen molar-refractivity contribution in [3.8, 4) is 23.0 Å². The second kappa shape index (κ2) is 13.6. The Morgan fingerprint density at radius 3 is 2.15 bits per heavy atom. The molecule has 2 fully saturated rings. The van der Waals surface area contributed by atoms with Crippen molar-refractivity contribution in [2.24, 2.45) is 0 Å². The average Bonchev–Trinajstić information content (AvgIpc) is 3.25. The number of benzene rings is 2. The highest BCUT2D eigenvalue weighted by Crippen LogP contribution is 2.37. The molecule has 8 heteroatoms. The minimum atomic E-state index is -0.719. The van der Waals surface area contributed by atoms with Gasteiger partial charge < -0.3 is 28.7 Å². The third-order valence-corrected chi connectivity index (χ3v) is 7.77. The maximum absolute atomic E-state index is 14.2.